The molecule has 1 N–H and O–H groups in total. The fraction of sp³-hybridized carbons (Fsp3) is 0.611. The Balaban J connectivity index is 2.25. The van der Waals surface area contributed by atoms with Gasteiger partial charge in [0.05, 0.1) is 12.3 Å². The molecule has 26 heavy (non-hydrogen) atoms. The lowest BCUT2D eigenvalue weighted by molar-refractivity contribution is -0.153. The second kappa shape index (κ2) is 9.12. The van der Waals surface area contributed by atoms with Crippen molar-refractivity contribution in [2.75, 3.05) is 31.2 Å². The number of nitrogens with one attached hydrogen (secondary N) is 1. The molecule has 146 valence electrons. The van der Waals surface area contributed by atoms with Gasteiger partial charge in [-0.05, 0) is 38.4 Å². The summed E-state index contributed by atoms with van der Waals surface area (Å²) in [6.07, 6.45) is -1.30. The van der Waals surface area contributed by atoms with E-state index in [0.717, 1.165) is 25.8 Å². The van der Waals surface area contributed by atoms with Crippen LogP contribution in [0.1, 0.15) is 33.1 Å². The van der Waals surface area contributed by atoms with Crippen molar-refractivity contribution >= 4 is 11.6 Å². The fourth-order valence-corrected chi connectivity index (χ4v) is 2.94. The molecular formula is C18H25F3N2O3. The molecule has 1 amide bonds. The average Bonchev–Trinajstić information content (AvgIpc) is 2.59. The number of ether oxygens (including phenoxy) is 2. The molecule has 1 heterocycles. The molecule has 2 rings (SSSR count). The van der Waals surface area contributed by atoms with Crippen LogP contribution in [0.25, 0.3) is 0 Å². The zero-order valence-electron chi connectivity index (χ0n) is 15.1. The third-order valence-electron chi connectivity index (χ3n) is 4.12. The molecule has 0 aliphatic carbocycles. The summed E-state index contributed by atoms with van der Waals surface area (Å²) < 4.78 is 47.6. The highest BCUT2D eigenvalue weighted by Gasteiger charge is 2.29. The summed E-state index contributed by atoms with van der Waals surface area (Å²) in [7, 11) is 0. The maximum absolute atomic E-state index is 12.4. The van der Waals surface area contributed by atoms with Gasteiger partial charge in [0.15, 0.2) is 6.61 Å². The van der Waals surface area contributed by atoms with Gasteiger partial charge in [-0.1, -0.05) is 6.42 Å². The third kappa shape index (κ3) is 6.09. The highest BCUT2D eigenvalue weighted by Crippen LogP contribution is 2.34. The van der Waals surface area contributed by atoms with E-state index < -0.39 is 12.8 Å². The van der Waals surface area contributed by atoms with E-state index >= 15 is 0 Å². The number of amides is 1. The molecule has 0 bridgehead atoms. The summed E-state index contributed by atoms with van der Waals surface area (Å²) in [5, 5.41) is 3.37. The van der Waals surface area contributed by atoms with Crippen LogP contribution in [0.3, 0.4) is 0 Å². The van der Waals surface area contributed by atoms with Crippen molar-refractivity contribution in [3.8, 4) is 11.5 Å². The summed E-state index contributed by atoms with van der Waals surface area (Å²) in [6, 6.07) is 4.52. The molecule has 1 aromatic rings. The van der Waals surface area contributed by atoms with E-state index in [9.17, 15) is 18.0 Å². The lowest BCUT2D eigenvalue weighted by atomic mass is 10.0. The molecule has 1 saturated heterocycles. The SMILES string of the molecule is CCOc1ccc(OCC(F)(F)F)cc1N(CC1CCCCN1)C(C)=O. The van der Waals surface area contributed by atoms with Gasteiger partial charge in [-0.15, -0.1) is 0 Å². The van der Waals surface area contributed by atoms with E-state index in [1.807, 2.05) is 0 Å². The predicted molar refractivity (Wildman–Crippen MR) is 92.8 cm³/mol. The Kier molecular flexibility index (Phi) is 7.14. The molecule has 1 aromatic carbocycles. The van der Waals surface area contributed by atoms with Gasteiger partial charge in [0.2, 0.25) is 5.91 Å². The Morgan fingerprint density at radius 2 is 2.08 bits per heavy atom. The first-order valence-electron chi connectivity index (χ1n) is 8.78. The van der Waals surface area contributed by atoms with Gasteiger partial charge in [0, 0.05) is 25.6 Å². The standard InChI is InChI=1S/C18H25F3N2O3/c1-3-25-17-8-7-15(26-12-18(19,20)21)10-16(17)23(13(2)24)11-14-6-4-5-9-22-14/h7-8,10,14,22H,3-6,9,11-12H2,1-2H3. The number of nitrogens with zero attached hydrogens (tertiary/aromatic N) is 1. The van der Waals surface area contributed by atoms with Gasteiger partial charge in [-0.25, -0.2) is 0 Å². The van der Waals surface area contributed by atoms with E-state index in [0.29, 0.717) is 24.6 Å². The van der Waals surface area contributed by atoms with Crippen LogP contribution in [0.4, 0.5) is 18.9 Å². The van der Waals surface area contributed by atoms with Gasteiger partial charge in [0.1, 0.15) is 11.5 Å². The second-order valence-corrected chi connectivity index (χ2v) is 6.24. The van der Waals surface area contributed by atoms with Crippen LogP contribution in [0.2, 0.25) is 0 Å². The molecule has 1 aliphatic rings. The average molecular weight is 374 g/mol. The van der Waals surface area contributed by atoms with Crippen molar-refractivity contribution < 1.29 is 27.4 Å². The number of rotatable bonds is 7. The Morgan fingerprint density at radius 1 is 1.31 bits per heavy atom. The lowest BCUT2D eigenvalue weighted by Gasteiger charge is -2.31. The molecule has 1 unspecified atom stereocenters. The molecule has 0 radical (unpaired) electrons. The zero-order chi connectivity index (χ0) is 19.2. The summed E-state index contributed by atoms with van der Waals surface area (Å²) >= 11 is 0. The van der Waals surface area contributed by atoms with Crippen LogP contribution in [0.5, 0.6) is 11.5 Å². The molecule has 0 aromatic heterocycles. The summed E-state index contributed by atoms with van der Waals surface area (Å²) in [5.41, 5.74) is 0.423. The summed E-state index contributed by atoms with van der Waals surface area (Å²) in [5.74, 6) is 0.285. The first kappa shape index (κ1) is 20.4. The smallest absolute Gasteiger partial charge is 0.422 e. The van der Waals surface area contributed by atoms with Crippen LogP contribution in [-0.2, 0) is 4.79 Å². The van der Waals surface area contributed by atoms with Crippen molar-refractivity contribution in [2.24, 2.45) is 0 Å². The van der Waals surface area contributed by atoms with Crippen molar-refractivity contribution in [1.29, 1.82) is 0 Å². The maximum Gasteiger partial charge on any atom is 0.422 e. The minimum absolute atomic E-state index is 0.0450. The molecule has 1 fully saturated rings. The fourth-order valence-electron chi connectivity index (χ4n) is 2.94. The highest BCUT2D eigenvalue weighted by atomic mass is 19.4. The molecule has 8 heteroatoms. The number of hydrogen-bond acceptors (Lipinski definition) is 4. The van der Waals surface area contributed by atoms with Gasteiger partial charge >= 0.3 is 6.18 Å². The van der Waals surface area contributed by atoms with E-state index in [1.165, 1.54) is 30.0 Å². The predicted octanol–water partition coefficient (Wildman–Crippen LogP) is 3.52. The van der Waals surface area contributed by atoms with E-state index in [4.69, 9.17) is 9.47 Å². The monoisotopic (exact) mass is 374 g/mol. The van der Waals surface area contributed by atoms with Gasteiger partial charge in [-0.2, -0.15) is 13.2 Å². The van der Waals surface area contributed by atoms with Gasteiger partial charge in [-0.3, -0.25) is 4.79 Å². The van der Waals surface area contributed by atoms with Crippen molar-refractivity contribution in [3.63, 3.8) is 0 Å². The summed E-state index contributed by atoms with van der Waals surface area (Å²) in [6.45, 7) is 3.55. The summed E-state index contributed by atoms with van der Waals surface area (Å²) in [4.78, 5) is 13.8. The number of alkyl halides is 3. The number of hydrogen-bond donors (Lipinski definition) is 1. The molecular weight excluding hydrogens is 349 g/mol. The molecule has 5 nitrogen and oxygen atoms in total. The van der Waals surface area contributed by atoms with E-state index in [1.54, 1.807) is 6.92 Å². The third-order valence-corrected chi connectivity index (χ3v) is 4.12. The molecule has 1 aliphatic heterocycles. The van der Waals surface area contributed by atoms with Crippen LogP contribution in [0, 0.1) is 0 Å². The second-order valence-electron chi connectivity index (χ2n) is 6.24. The number of carbonyl (C=O) groups is 1. The first-order valence-corrected chi connectivity index (χ1v) is 8.78. The highest BCUT2D eigenvalue weighted by molar-refractivity contribution is 5.93. The molecule has 0 spiro atoms. The first-order chi connectivity index (χ1) is 12.3. The topological polar surface area (TPSA) is 50.8 Å². The number of anilines is 1. The Labute approximate surface area is 151 Å². The van der Waals surface area contributed by atoms with Crippen LogP contribution >= 0.6 is 0 Å². The zero-order valence-corrected chi connectivity index (χ0v) is 15.1. The van der Waals surface area contributed by atoms with Crippen LogP contribution in [0.15, 0.2) is 18.2 Å². The minimum atomic E-state index is -4.43. The minimum Gasteiger partial charge on any atom is -0.492 e. The maximum atomic E-state index is 12.4. The number of benzene rings is 1. The van der Waals surface area contributed by atoms with Crippen LogP contribution in [-0.4, -0.2) is 44.4 Å². The normalized spacial score (nSPS) is 17.7. The van der Waals surface area contributed by atoms with Crippen LogP contribution < -0.4 is 19.7 Å². The van der Waals surface area contributed by atoms with Gasteiger partial charge < -0.3 is 19.7 Å². The number of piperidine rings is 1. The Bertz CT molecular complexity index is 602. The largest absolute Gasteiger partial charge is 0.492 e. The molecule has 0 saturated carbocycles. The van der Waals surface area contributed by atoms with E-state index in [2.05, 4.69) is 5.32 Å². The quantitative estimate of drug-likeness (QED) is 0.793. The van der Waals surface area contributed by atoms with Crippen molar-refractivity contribution in [3.05, 3.63) is 18.2 Å². The number of halogens is 3. The Hall–Kier alpha value is -1.96. The van der Waals surface area contributed by atoms with Crippen molar-refractivity contribution in [1.82, 2.24) is 5.32 Å². The lowest BCUT2D eigenvalue weighted by Crippen LogP contribution is -2.45. The van der Waals surface area contributed by atoms with Crippen molar-refractivity contribution in [2.45, 2.75) is 45.3 Å². The van der Waals surface area contributed by atoms with E-state index in [-0.39, 0.29) is 17.7 Å². The Morgan fingerprint density at radius 3 is 2.65 bits per heavy atom. The van der Waals surface area contributed by atoms with Gasteiger partial charge in [0.25, 0.3) is 0 Å². The number of carbonyl (C=O) groups excluding carboxylic acids is 1. The molecule has 1 atom stereocenters.